The number of benzene rings is 1. The van der Waals surface area contributed by atoms with Gasteiger partial charge in [0.05, 0.1) is 25.2 Å². The van der Waals surface area contributed by atoms with Crippen LogP contribution in [0.25, 0.3) is 0 Å². The van der Waals surface area contributed by atoms with E-state index < -0.39 is 0 Å². The summed E-state index contributed by atoms with van der Waals surface area (Å²) in [5.74, 6) is 0.0477. The van der Waals surface area contributed by atoms with Gasteiger partial charge in [0.15, 0.2) is 0 Å². The monoisotopic (exact) mass is 363 g/mol. The summed E-state index contributed by atoms with van der Waals surface area (Å²) < 4.78 is 5.55. The van der Waals surface area contributed by atoms with Crippen LogP contribution in [-0.2, 0) is 9.53 Å². The van der Waals surface area contributed by atoms with Crippen LogP contribution in [0.3, 0.4) is 0 Å². The first kappa shape index (κ1) is 22.1. The number of hydrogen-bond donors (Lipinski definition) is 2. The standard InChI is InChI=1S/C16H25N3O2.2ClH/c1-19(2)15(13-6-4-3-5-7-13)12-18-16(20)10-14-11-17-8-9-21-14;;/h3-7,14-15,17H,8-12H2,1-2H3,(H,18,20);2*1H. The van der Waals surface area contributed by atoms with Gasteiger partial charge >= 0.3 is 0 Å². The van der Waals surface area contributed by atoms with Crippen LogP contribution < -0.4 is 10.6 Å². The van der Waals surface area contributed by atoms with Crippen molar-refractivity contribution < 1.29 is 9.53 Å². The molecule has 2 rings (SSSR count). The summed E-state index contributed by atoms with van der Waals surface area (Å²) in [7, 11) is 4.05. The molecule has 0 spiro atoms. The van der Waals surface area contributed by atoms with Crippen molar-refractivity contribution in [3.05, 3.63) is 35.9 Å². The largest absolute Gasteiger partial charge is 0.375 e. The van der Waals surface area contributed by atoms with Crippen molar-refractivity contribution in [3.63, 3.8) is 0 Å². The number of nitrogens with one attached hydrogen (secondary N) is 2. The van der Waals surface area contributed by atoms with Crippen molar-refractivity contribution in [2.24, 2.45) is 0 Å². The number of carbonyl (C=O) groups excluding carboxylic acids is 1. The lowest BCUT2D eigenvalue weighted by Gasteiger charge is -2.26. The van der Waals surface area contributed by atoms with E-state index in [9.17, 15) is 4.79 Å². The van der Waals surface area contributed by atoms with Crippen molar-refractivity contribution >= 4 is 30.7 Å². The third-order valence-corrected chi connectivity index (χ3v) is 3.72. The van der Waals surface area contributed by atoms with E-state index >= 15 is 0 Å². The molecular weight excluding hydrogens is 337 g/mol. The molecule has 0 radical (unpaired) electrons. The highest BCUT2D eigenvalue weighted by atomic mass is 35.5. The number of halogens is 2. The Morgan fingerprint density at radius 3 is 2.61 bits per heavy atom. The number of morpholine rings is 1. The van der Waals surface area contributed by atoms with Crippen LogP contribution in [-0.4, -0.2) is 57.2 Å². The highest BCUT2D eigenvalue weighted by Crippen LogP contribution is 2.16. The summed E-state index contributed by atoms with van der Waals surface area (Å²) in [4.78, 5) is 14.2. The molecule has 2 N–H and O–H groups in total. The van der Waals surface area contributed by atoms with Crippen molar-refractivity contribution in [1.29, 1.82) is 0 Å². The van der Waals surface area contributed by atoms with Gasteiger partial charge in [-0.25, -0.2) is 0 Å². The maximum absolute atomic E-state index is 12.0. The van der Waals surface area contributed by atoms with Crippen molar-refractivity contribution in [2.75, 3.05) is 40.3 Å². The average Bonchev–Trinajstić information content (AvgIpc) is 2.49. The summed E-state index contributed by atoms with van der Waals surface area (Å²) in [5, 5.41) is 6.26. The number of ether oxygens (including phenoxy) is 1. The van der Waals surface area contributed by atoms with E-state index in [2.05, 4.69) is 27.7 Å². The second kappa shape index (κ2) is 11.6. The summed E-state index contributed by atoms with van der Waals surface area (Å²) in [6, 6.07) is 10.4. The Hall–Kier alpha value is -0.850. The predicted molar refractivity (Wildman–Crippen MR) is 97.6 cm³/mol. The molecule has 0 saturated carbocycles. The van der Waals surface area contributed by atoms with Crippen molar-refractivity contribution in [1.82, 2.24) is 15.5 Å². The number of amides is 1. The first-order valence-corrected chi connectivity index (χ1v) is 7.47. The first-order chi connectivity index (χ1) is 10.2. The van der Waals surface area contributed by atoms with Crippen LogP contribution >= 0.6 is 24.8 Å². The summed E-state index contributed by atoms with van der Waals surface area (Å²) in [5.41, 5.74) is 1.21. The van der Waals surface area contributed by atoms with Gasteiger partial charge in [0.2, 0.25) is 5.91 Å². The van der Waals surface area contributed by atoms with Crippen molar-refractivity contribution in [3.8, 4) is 0 Å². The molecule has 2 unspecified atom stereocenters. The molecule has 1 aliphatic rings. The van der Waals surface area contributed by atoms with E-state index in [0.29, 0.717) is 19.6 Å². The molecule has 7 heteroatoms. The third-order valence-electron chi connectivity index (χ3n) is 3.72. The average molecular weight is 364 g/mol. The van der Waals surface area contributed by atoms with Crippen LogP contribution in [0.5, 0.6) is 0 Å². The van der Waals surface area contributed by atoms with Gasteiger partial charge < -0.3 is 20.3 Å². The Labute approximate surface area is 151 Å². The highest BCUT2D eigenvalue weighted by Gasteiger charge is 2.19. The van der Waals surface area contributed by atoms with Gasteiger partial charge in [-0.15, -0.1) is 24.8 Å². The molecule has 1 amide bonds. The fraction of sp³-hybridized carbons (Fsp3) is 0.562. The van der Waals surface area contributed by atoms with Crippen LogP contribution in [0.4, 0.5) is 0 Å². The quantitative estimate of drug-likeness (QED) is 0.806. The molecule has 0 bridgehead atoms. The normalized spacial score (nSPS) is 18.5. The topological polar surface area (TPSA) is 53.6 Å². The molecule has 1 aromatic carbocycles. The number of hydrogen-bond acceptors (Lipinski definition) is 4. The summed E-state index contributed by atoms with van der Waals surface area (Å²) in [6.45, 7) is 2.91. The molecule has 23 heavy (non-hydrogen) atoms. The second-order valence-electron chi connectivity index (χ2n) is 5.60. The maximum atomic E-state index is 12.0. The molecule has 5 nitrogen and oxygen atoms in total. The lowest BCUT2D eigenvalue weighted by atomic mass is 10.1. The van der Waals surface area contributed by atoms with E-state index in [-0.39, 0.29) is 42.9 Å². The Morgan fingerprint density at radius 1 is 1.35 bits per heavy atom. The van der Waals surface area contributed by atoms with Gasteiger partial charge in [-0.3, -0.25) is 4.79 Å². The number of likely N-dealkylation sites (N-methyl/N-ethyl adjacent to an activating group) is 1. The Kier molecular flexibility index (Phi) is 11.2. The maximum Gasteiger partial charge on any atom is 0.222 e. The second-order valence-corrected chi connectivity index (χ2v) is 5.60. The Balaban J connectivity index is 0.00000242. The van der Waals surface area contributed by atoms with E-state index in [1.807, 2.05) is 32.3 Å². The summed E-state index contributed by atoms with van der Waals surface area (Å²) >= 11 is 0. The van der Waals surface area contributed by atoms with E-state index in [0.717, 1.165) is 13.1 Å². The van der Waals surface area contributed by atoms with Crippen molar-refractivity contribution in [2.45, 2.75) is 18.6 Å². The predicted octanol–water partition coefficient (Wildman–Crippen LogP) is 1.63. The van der Waals surface area contributed by atoms with E-state index in [1.54, 1.807) is 0 Å². The lowest BCUT2D eigenvalue weighted by Crippen LogP contribution is -2.42. The molecule has 1 heterocycles. The molecule has 1 aliphatic heterocycles. The van der Waals surface area contributed by atoms with Gasteiger partial charge in [0, 0.05) is 19.6 Å². The number of nitrogens with zero attached hydrogens (tertiary/aromatic N) is 1. The minimum atomic E-state index is -0.00622. The minimum absolute atomic E-state index is 0. The molecular formula is C16H27Cl2N3O2. The Bertz CT molecular complexity index is 440. The van der Waals surface area contributed by atoms with E-state index in [1.165, 1.54) is 5.56 Å². The summed E-state index contributed by atoms with van der Waals surface area (Å²) in [6.07, 6.45) is 0.412. The van der Waals surface area contributed by atoms with Crippen LogP contribution in [0.15, 0.2) is 30.3 Å². The number of rotatable bonds is 6. The molecule has 132 valence electrons. The zero-order valence-corrected chi connectivity index (χ0v) is 15.3. The van der Waals surface area contributed by atoms with Gasteiger partial charge in [-0.2, -0.15) is 0 Å². The minimum Gasteiger partial charge on any atom is -0.375 e. The van der Waals surface area contributed by atoms with Gasteiger partial charge in [0.25, 0.3) is 0 Å². The van der Waals surface area contributed by atoms with Crippen LogP contribution in [0.2, 0.25) is 0 Å². The molecule has 0 aromatic heterocycles. The highest BCUT2D eigenvalue weighted by molar-refractivity contribution is 5.85. The molecule has 0 aliphatic carbocycles. The van der Waals surface area contributed by atoms with E-state index in [4.69, 9.17) is 4.74 Å². The van der Waals surface area contributed by atoms with Gasteiger partial charge in [-0.05, 0) is 19.7 Å². The Morgan fingerprint density at radius 2 is 2.04 bits per heavy atom. The zero-order valence-electron chi connectivity index (χ0n) is 13.7. The molecule has 1 aromatic rings. The zero-order chi connectivity index (χ0) is 15.1. The van der Waals surface area contributed by atoms with Gasteiger partial charge in [0.1, 0.15) is 0 Å². The molecule has 1 fully saturated rings. The smallest absolute Gasteiger partial charge is 0.222 e. The third kappa shape index (κ3) is 7.50. The molecule has 1 saturated heterocycles. The number of carbonyl (C=O) groups is 1. The van der Waals surface area contributed by atoms with Crippen LogP contribution in [0, 0.1) is 0 Å². The fourth-order valence-corrected chi connectivity index (χ4v) is 2.51. The fourth-order valence-electron chi connectivity index (χ4n) is 2.51. The van der Waals surface area contributed by atoms with Crippen LogP contribution in [0.1, 0.15) is 18.0 Å². The lowest BCUT2D eigenvalue weighted by molar-refractivity contribution is -0.124. The first-order valence-electron chi connectivity index (χ1n) is 7.47. The molecule has 2 atom stereocenters. The SMILES string of the molecule is CN(C)C(CNC(=O)CC1CNCCO1)c1ccccc1.Cl.Cl. The van der Waals surface area contributed by atoms with Gasteiger partial charge in [-0.1, -0.05) is 30.3 Å².